The van der Waals surface area contributed by atoms with Crippen molar-refractivity contribution >= 4 is 17.7 Å². The van der Waals surface area contributed by atoms with Gasteiger partial charge in [0.2, 0.25) is 5.91 Å². The van der Waals surface area contributed by atoms with Gasteiger partial charge in [-0.15, -0.1) is 18.2 Å². The fourth-order valence-corrected chi connectivity index (χ4v) is 4.34. The number of hydrogen-bond acceptors (Lipinski definition) is 5. The molecule has 2 atom stereocenters. The summed E-state index contributed by atoms with van der Waals surface area (Å²) in [5.74, 6) is 5.01. The second-order valence-corrected chi connectivity index (χ2v) is 8.31. The number of terminal acetylenes is 1. The Kier molecular flexibility index (Phi) is 7.58. The summed E-state index contributed by atoms with van der Waals surface area (Å²) in [5.41, 5.74) is 0.965. The summed E-state index contributed by atoms with van der Waals surface area (Å²) in [6, 6.07) is 12.3. The normalized spacial score (nSPS) is 19.1. The van der Waals surface area contributed by atoms with E-state index in [4.69, 9.17) is 10.9 Å². The number of thioether (sulfide) groups is 1. The van der Waals surface area contributed by atoms with Gasteiger partial charge in [-0.3, -0.25) is 4.79 Å². The Bertz CT molecular complexity index is 800. The molecule has 148 valence electrons. The van der Waals surface area contributed by atoms with Crippen LogP contribution in [0.25, 0.3) is 0 Å². The van der Waals surface area contributed by atoms with E-state index in [1.807, 2.05) is 24.3 Å². The summed E-state index contributed by atoms with van der Waals surface area (Å²) in [4.78, 5) is 15.2. The fourth-order valence-electron chi connectivity index (χ4n) is 3.55. The molecule has 1 amide bonds. The van der Waals surface area contributed by atoms with E-state index in [2.05, 4.69) is 28.5 Å². The molecule has 0 aliphatic carbocycles. The number of nitrogens with zero attached hydrogens (tertiary/aromatic N) is 2. The fraction of sp³-hybridized carbons (Fsp3) is 0.455. The van der Waals surface area contributed by atoms with Crippen LogP contribution >= 0.6 is 11.8 Å². The third kappa shape index (κ3) is 5.88. The standard InChI is InChI=1S/C22H27N3O2S/c1-3-11-25(2)22(26)13-17-9-10-23-15-18(17)12-19-14-20(27-24-19)16-28-21-7-5-4-6-8-21/h1,4-8,14,17-18,23H,9-13,15-16H2,2H3/t17-,18+/m1/s1. The predicted molar refractivity (Wildman–Crippen MR) is 112 cm³/mol. The Morgan fingerprint density at radius 1 is 1.39 bits per heavy atom. The molecule has 1 aromatic carbocycles. The number of benzene rings is 1. The highest BCUT2D eigenvalue weighted by molar-refractivity contribution is 7.98. The third-order valence-corrected chi connectivity index (χ3v) is 6.19. The summed E-state index contributed by atoms with van der Waals surface area (Å²) < 4.78 is 5.53. The molecular formula is C22H27N3O2S. The van der Waals surface area contributed by atoms with Crippen LogP contribution < -0.4 is 5.32 Å². The first-order valence-corrected chi connectivity index (χ1v) is 10.6. The average molecular weight is 398 g/mol. The van der Waals surface area contributed by atoms with E-state index in [1.165, 1.54) is 4.90 Å². The van der Waals surface area contributed by atoms with Gasteiger partial charge in [0.15, 0.2) is 0 Å². The average Bonchev–Trinajstić information content (AvgIpc) is 3.16. The molecule has 2 aromatic rings. The third-order valence-electron chi connectivity index (χ3n) is 5.16. The largest absolute Gasteiger partial charge is 0.360 e. The molecule has 1 aromatic heterocycles. The van der Waals surface area contributed by atoms with Gasteiger partial charge in [0.25, 0.3) is 0 Å². The van der Waals surface area contributed by atoms with Gasteiger partial charge < -0.3 is 14.7 Å². The van der Waals surface area contributed by atoms with Crippen LogP contribution in [0.15, 0.2) is 45.8 Å². The second kappa shape index (κ2) is 10.4. The van der Waals surface area contributed by atoms with E-state index in [0.717, 1.165) is 43.1 Å². The molecule has 5 nitrogen and oxygen atoms in total. The monoisotopic (exact) mass is 397 g/mol. The van der Waals surface area contributed by atoms with E-state index in [9.17, 15) is 4.79 Å². The lowest BCUT2D eigenvalue weighted by Crippen LogP contribution is -2.40. The van der Waals surface area contributed by atoms with Gasteiger partial charge in [-0.25, -0.2) is 0 Å². The minimum Gasteiger partial charge on any atom is -0.360 e. The lowest BCUT2D eigenvalue weighted by atomic mass is 9.81. The van der Waals surface area contributed by atoms with Crippen LogP contribution in [0.2, 0.25) is 0 Å². The highest BCUT2D eigenvalue weighted by Crippen LogP contribution is 2.28. The number of rotatable bonds is 8. The molecule has 0 saturated carbocycles. The maximum Gasteiger partial charge on any atom is 0.223 e. The Balaban J connectivity index is 1.54. The molecule has 0 spiro atoms. The van der Waals surface area contributed by atoms with E-state index < -0.39 is 0 Å². The SMILES string of the molecule is C#CCN(C)C(=O)C[C@H]1CCNC[C@@H]1Cc1cc(CSc2ccccc2)on1. The maximum absolute atomic E-state index is 12.4. The van der Waals surface area contributed by atoms with Crippen molar-refractivity contribution in [3.05, 3.63) is 47.9 Å². The van der Waals surface area contributed by atoms with E-state index in [-0.39, 0.29) is 5.91 Å². The molecule has 0 radical (unpaired) electrons. The first-order chi connectivity index (χ1) is 13.7. The minimum absolute atomic E-state index is 0.120. The zero-order valence-electron chi connectivity index (χ0n) is 16.3. The summed E-state index contributed by atoms with van der Waals surface area (Å²) >= 11 is 1.74. The van der Waals surface area contributed by atoms with Crippen LogP contribution in [0.1, 0.15) is 24.3 Å². The van der Waals surface area contributed by atoms with Crippen LogP contribution in [-0.2, 0) is 17.0 Å². The Morgan fingerprint density at radius 2 is 2.21 bits per heavy atom. The molecule has 0 bridgehead atoms. The molecule has 3 rings (SSSR count). The molecular weight excluding hydrogens is 370 g/mol. The van der Waals surface area contributed by atoms with Crippen molar-refractivity contribution in [1.29, 1.82) is 0 Å². The topological polar surface area (TPSA) is 58.4 Å². The van der Waals surface area contributed by atoms with E-state index >= 15 is 0 Å². The molecule has 1 saturated heterocycles. The Labute approximate surface area is 171 Å². The van der Waals surface area contributed by atoms with Crippen LogP contribution in [0.4, 0.5) is 0 Å². The second-order valence-electron chi connectivity index (χ2n) is 7.26. The maximum atomic E-state index is 12.4. The highest BCUT2D eigenvalue weighted by Gasteiger charge is 2.29. The number of hydrogen-bond donors (Lipinski definition) is 1. The molecule has 2 heterocycles. The molecule has 1 fully saturated rings. The van der Waals surface area contributed by atoms with Crippen LogP contribution in [0, 0.1) is 24.2 Å². The number of carbonyl (C=O) groups excluding carboxylic acids is 1. The molecule has 28 heavy (non-hydrogen) atoms. The van der Waals surface area contributed by atoms with E-state index in [0.29, 0.717) is 24.8 Å². The van der Waals surface area contributed by atoms with Gasteiger partial charge in [0, 0.05) is 24.4 Å². The van der Waals surface area contributed by atoms with Crippen molar-refractivity contribution in [3.63, 3.8) is 0 Å². The van der Waals surface area contributed by atoms with Gasteiger partial charge in [0.05, 0.1) is 18.0 Å². The van der Waals surface area contributed by atoms with Gasteiger partial charge in [0.1, 0.15) is 5.76 Å². The lowest BCUT2D eigenvalue weighted by Gasteiger charge is -2.32. The lowest BCUT2D eigenvalue weighted by molar-refractivity contribution is -0.131. The van der Waals surface area contributed by atoms with Crippen LogP contribution in [0.5, 0.6) is 0 Å². The van der Waals surface area contributed by atoms with Gasteiger partial charge >= 0.3 is 0 Å². The first-order valence-electron chi connectivity index (χ1n) is 9.66. The van der Waals surface area contributed by atoms with Crippen LogP contribution in [0.3, 0.4) is 0 Å². The summed E-state index contributed by atoms with van der Waals surface area (Å²) in [5, 5.41) is 7.71. The number of amides is 1. The number of nitrogens with one attached hydrogen (secondary N) is 1. The molecule has 6 heteroatoms. The van der Waals surface area contributed by atoms with Crippen molar-refractivity contribution in [3.8, 4) is 12.3 Å². The first kappa shape index (κ1) is 20.5. The summed E-state index contributed by atoms with van der Waals surface area (Å²) in [6.45, 7) is 2.21. The molecule has 1 aliphatic rings. The summed E-state index contributed by atoms with van der Waals surface area (Å²) in [6.07, 6.45) is 7.68. The van der Waals surface area contributed by atoms with Crippen molar-refractivity contribution in [2.75, 3.05) is 26.7 Å². The van der Waals surface area contributed by atoms with Crippen molar-refractivity contribution in [1.82, 2.24) is 15.4 Å². The number of piperidine rings is 1. The number of aromatic nitrogens is 1. The quantitative estimate of drug-likeness (QED) is 0.547. The van der Waals surface area contributed by atoms with E-state index in [1.54, 1.807) is 23.7 Å². The Morgan fingerprint density at radius 3 is 3.00 bits per heavy atom. The number of carbonyl (C=O) groups is 1. The molecule has 1 N–H and O–H groups in total. The van der Waals surface area contributed by atoms with Gasteiger partial charge in [-0.2, -0.15) is 0 Å². The predicted octanol–water partition coefficient (Wildman–Crippen LogP) is 3.22. The van der Waals surface area contributed by atoms with Gasteiger partial charge in [-0.1, -0.05) is 29.3 Å². The van der Waals surface area contributed by atoms with Crippen molar-refractivity contribution in [2.24, 2.45) is 11.8 Å². The minimum atomic E-state index is 0.120. The zero-order valence-corrected chi connectivity index (χ0v) is 17.1. The summed E-state index contributed by atoms with van der Waals surface area (Å²) in [7, 11) is 1.77. The van der Waals surface area contributed by atoms with Crippen molar-refractivity contribution < 1.29 is 9.32 Å². The van der Waals surface area contributed by atoms with Crippen LogP contribution in [-0.4, -0.2) is 42.6 Å². The van der Waals surface area contributed by atoms with Gasteiger partial charge in [-0.05, 0) is 49.9 Å². The van der Waals surface area contributed by atoms with Crippen molar-refractivity contribution in [2.45, 2.75) is 29.9 Å². The highest BCUT2D eigenvalue weighted by atomic mass is 32.2. The molecule has 1 aliphatic heterocycles. The zero-order chi connectivity index (χ0) is 19.8. The Hall–Kier alpha value is -2.23. The molecule has 0 unspecified atom stereocenters. The smallest absolute Gasteiger partial charge is 0.223 e.